The van der Waals surface area contributed by atoms with Crippen LogP contribution >= 0.6 is 46.2 Å². The molecule has 7 heterocycles. The number of β-lactam (4-membered cyclic amide) rings is 2. The largest absolute Gasteiger partial charge is 0.543 e. The summed E-state index contributed by atoms with van der Waals surface area (Å²) in [5, 5.41) is 36.5. The summed E-state index contributed by atoms with van der Waals surface area (Å²) < 4.78 is 5.64. The summed E-state index contributed by atoms with van der Waals surface area (Å²) in [5.74, 6) is -5.04. The number of nitrogens with one attached hydrogen (secondary N) is 2. The summed E-state index contributed by atoms with van der Waals surface area (Å²) in [6.07, 6.45) is 2.21. The molecule has 3 saturated heterocycles. The molecular formula is C35H41N11O12S4. The summed E-state index contributed by atoms with van der Waals surface area (Å²) >= 11 is 4.92. The average Bonchev–Trinajstić information content (AvgIpc) is 3.99. The summed E-state index contributed by atoms with van der Waals surface area (Å²) in [6.45, 7) is 3.50. The lowest BCUT2D eigenvalue weighted by atomic mass is 10.0. The molecule has 0 spiro atoms. The Labute approximate surface area is 369 Å². The van der Waals surface area contributed by atoms with Crippen LogP contribution in [0.1, 0.15) is 31.2 Å². The summed E-state index contributed by atoms with van der Waals surface area (Å²) in [6, 6.07) is -1.86. The first-order chi connectivity index (χ1) is 29.5. The number of hydrogen-bond acceptors (Lipinski definition) is 21. The number of aromatic nitrogens is 2. The van der Waals surface area contributed by atoms with Gasteiger partial charge in [0, 0.05) is 53.2 Å². The zero-order valence-electron chi connectivity index (χ0n) is 33.5. The zero-order valence-corrected chi connectivity index (χ0v) is 36.7. The van der Waals surface area contributed by atoms with E-state index in [1.165, 1.54) is 54.9 Å². The molecule has 4 atom stereocenters. The van der Waals surface area contributed by atoms with E-state index in [0.717, 1.165) is 58.0 Å². The van der Waals surface area contributed by atoms with Crippen molar-refractivity contribution < 1.29 is 62.7 Å². The molecule has 332 valence electrons. The van der Waals surface area contributed by atoms with Crippen molar-refractivity contribution in [3.63, 3.8) is 0 Å². The number of hydrogen-bond donors (Lipinski definition) is 5. The standard InChI is InChI=1S/C19H24N6O5S2.C16H17N5O7S2/c1-25(5-3-4-6-25)7-10-8-31-17-13(16(27)24(17)14(10)18(28)29)22-15(26)12(23-30-2)11-9-32-19(20)21-11;1-6(22)28-3-7-4-29-14-10(13(24)21(14)11(7)15(25)26)19-12(23)9(20-27-2)8-5-30-16(17)18-8/h9,13,17H,3-8H2,1-2H3,(H3-,20,21,22,26,28,29);5,10,14H,3-4H2,1-2H3,(H2,17,18)(H,19,23)(H,25,26)/b23-12-;20-9-/t13-,17-;10-,14-/m11/s1. The van der Waals surface area contributed by atoms with Crippen LogP contribution in [0.3, 0.4) is 0 Å². The summed E-state index contributed by atoms with van der Waals surface area (Å²) in [7, 11) is 4.65. The molecule has 2 aromatic heterocycles. The highest BCUT2D eigenvalue weighted by molar-refractivity contribution is 8.00. The van der Waals surface area contributed by atoms with Crippen molar-refractivity contribution >= 4 is 109 Å². The Morgan fingerprint density at radius 1 is 0.855 bits per heavy atom. The van der Waals surface area contributed by atoms with E-state index in [9.17, 15) is 43.8 Å². The first kappa shape index (κ1) is 45.7. The van der Waals surface area contributed by atoms with E-state index in [2.05, 4.69) is 42.8 Å². The average molecular weight is 936 g/mol. The Bertz CT molecular complexity index is 2300. The predicted molar refractivity (Wildman–Crippen MR) is 224 cm³/mol. The fourth-order valence-corrected chi connectivity index (χ4v) is 11.1. The van der Waals surface area contributed by atoms with Crippen molar-refractivity contribution in [3.05, 3.63) is 44.7 Å². The summed E-state index contributed by atoms with van der Waals surface area (Å²) in [4.78, 5) is 105. The molecule has 3 fully saturated rings. The van der Waals surface area contributed by atoms with Crippen LogP contribution in [0.15, 0.2) is 43.6 Å². The molecule has 2 aromatic rings. The van der Waals surface area contributed by atoms with Crippen LogP contribution in [0.25, 0.3) is 0 Å². The third-order valence-corrected chi connectivity index (χ3v) is 14.1. The number of nitrogens with zero attached hydrogens (tertiary/aromatic N) is 7. The number of amides is 4. The van der Waals surface area contributed by atoms with Crippen molar-refractivity contribution in [2.45, 2.75) is 42.6 Å². The predicted octanol–water partition coefficient (Wildman–Crippen LogP) is -1.90. The SMILES string of the molecule is CO/N=C(\C(=O)N[C@@H]1C(=O)N2C(C(=O)O)=C(COC(C)=O)CS[C@H]12)c1csc(N)n1.CO/N=C(\C(=O)N[C@@H]1C(=O)N2C(C(=O)[O-])=C(C[N+]3(C)CCCC3)CS[C@H]12)c1csc(N)n1. The van der Waals surface area contributed by atoms with Gasteiger partial charge in [0.2, 0.25) is 0 Å². The fraction of sp³-hybridized carbons (Fsp3) is 0.457. The molecule has 27 heteroatoms. The van der Waals surface area contributed by atoms with Crippen molar-refractivity contribution in [2.75, 3.05) is 70.5 Å². The van der Waals surface area contributed by atoms with E-state index in [1.807, 2.05) is 0 Å². The second kappa shape index (κ2) is 19.1. The van der Waals surface area contributed by atoms with Gasteiger partial charge in [-0.05, 0) is 0 Å². The molecule has 0 saturated carbocycles. The molecule has 5 aliphatic rings. The molecule has 62 heavy (non-hydrogen) atoms. The van der Waals surface area contributed by atoms with Gasteiger partial charge in [-0.3, -0.25) is 33.8 Å². The van der Waals surface area contributed by atoms with E-state index in [4.69, 9.17) is 21.0 Å². The Hall–Kier alpha value is -5.77. The second-order valence-electron chi connectivity index (χ2n) is 14.3. The number of carboxylic acid groups (broad SMARTS) is 2. The van der Waals surface area contributed by atoms with E-state index in [-0.39, 0.29) is 56.8 Å². The van der Waals surface area contributed by atoms with Gasteiger partial charge in [-0.2, -0.15) is 0 Å². The van der Waals surface area contributed by atoms with Gasteiger partial charge in [-0.25, -0.2) is 14.8 Å². The van der Waals surface area contributed by atoms with Crippen molar-refractivity contribution in [1.29, 1.82) is 0 Å². The number of fused-ring (bicyclic) bond motifs is 2. The molecule has 5 aliphatic heterocycles. The van der Waals surface area contributed by atoms with Crippen molar-refractivity contribution in [3.8, 4) is 0 Å². The molecule has 0 bridgehead atoms. The lowest BCUT2D eigenvalue weighted by Crippen LogP contribution is -2.71. The number of quaternary nitrogens is 1. The highest BCUT2D eigenvalue weighted by atomic mass is 32.2. The molecule has 0 aliphatic carbocycles. The highest BCUT2D eigenvalue weighted by Crippen LogP contribution is 2.42. The molecule has 4 amide bonds. The number of nitrogens with two attached hydrogens (primary N) is 2. The molecule has 7 N–H and O–H groups in total. The zero-order chi connectivity index (χ0) is 45.0. The lowest BCUT2D eigenvalue weighted by molar-refractivity contribution is -0.893. The van der Waals surface area contributed by atoms with E-state index in [0.29, 0.717) is 23.4 Å². The number of anilines is 2. The summed E-state index contributed by atoms with van der Waals surface area (Å²) in [5.41, 5.74) is 12.1. The third kappa shape index (κ3) is 9.49. The van der Waals surface area contributed by atoms with E-state index < -0.39 is 64.4 Å². The Kier molecular flexibility index (Phi) is 14.1. The van der Waals surface area contributed by atoms with E-state index in [1.54, 1.807) is 5.38 Å². The van der Waals surface area contributed by atoms with Crippen molar-refractivity contribution in [2.24, 2.45) is 10.3 Å². The van der Waals surface area contributed by atoms with Gasteiger partial charge >= 0.3 is 11.9 Å². The van der Waals surface area contributed by atoms with Crippen LogP contribution in [0.2, 0.25) is 0 Å². The number of esters is 1. The number of carboxylic acids is 2. The van der Waals surface area contributed by atoms with Crippen LogP contribution in [-0.2, 0) is 48.0 Å². The van der Waals surface area contributed by atoms with E-state index >= 15 is 0 Å². The number of thioether (sulfide) groups is 2. The molecule has 7 rings (SSSR count). The Morgan fingerprint density at radius 3 is 1.73 bits per heavy atom. The van der Waals surface area contributed by atoms with Crippen LogP contribution in [0, 0.1) is 0 Å². The van der Waals surface area contributed by atoms with Gasteiger partial charge < -0.3 is 56.0 Å². The van der Waals surface area contributed by atoms with Gasteiger partial charge in [0.1, 0.15) is 67.3 Å². The van der Waals surface area contributed by atoms with Gasteiger partial charge in [0.15, 0.2) is 21.7 Å². The number of nitrogen functional groups attached to an aromatic ring is 2. The normalized spacial score (nSPS) is 22.9. The number of rotatable bonds is 14. The fourth-order valence-electron chi connectivity index (χ4n) is 7.30. The van der Waals surface area contributed by atoms with Gasteiger partial charge in [0.05, 0.1) is 31.8 Å². The minimum Gasteiger partial charge on any atom is -0.543 e. The van der Waals surface area contributed by atoms with Crippen molar-refractivity contribution in [1.82, 2.24) is 30.4 Å². The van der Waals surface area contributed by atoms with Crippen LogP contribution in [0.4, 0.5) is 10.3 Å². The minimum absolute atomic E-state index is 0.0615. The number of oxime groups is 2. The molecule has 23 nitrogen and oxygen atoms in total. The number of likely N-dealkylation sites (N-methyl/N-ethyl adjacent to an activating group) is 1. The Morgan fingerprint density at radius 2 is 1.32 bits per heavy atom. The topological polar surface area (TPSA) is 324 Å². The maximum absolute atomic E-state index is 12.9. The minimum atomic E-state index is -1.37. The number of carbonyl (C=O) groups excluding carboxylic acids is 6. The van der Waals surface area contributed by atoms with Gasteiger partial charge in [0.25, 0.3) is 23.6 Å². The molecular weight excluding hydrogens is 895 g/mol. The maximum Gasteiger partial charge on any atom is 0.352 e. The first-order valence-electron chi connectivity index (χ1n) is 18.5. The van der Waals surface area contributed by atoms with Gasteiger partial charge in [-0.15, -0.1) is 46.2 Å². The monoisotopic (exact) mass is 935 g/mol. The van der Waals surface area contributed by atoms with Crippen LogP contribution in [-0.4, -0.2) is 164 Å². The quantitative estimate of drug-likeness (QED) is 0.0454. The van der Waals surface area contributed by atoms with Crippen LogP contribution < -0.4 is 27.2 Å². The lowest BCUT2D eigenvalue weighted by Gasteiger charge is -2.51. The first-order valence-corrected chi connectivity index (χ1v) is 22.4. The second-order valence-corrected chi connectivity index (χ2v) is 18.3. The smallest absolute Gasteiger partial charge is 0.352 e. The molecule has 0 radical (unpaired) electrons. The molecule has 0 aromatic carbocycles. The highest BCUT2D eigenvalue weighted by Gasteiger charge is 2.55. The van der Waals surface area contributed by atoms with Crippen LogP contribution in [0.5, 0.6) is 0 Å². The number of aliphatic carboxylic acids is 2. The number of ether oxygens (including phenoxy) is 1. The molecule has 0 unspecified atom stereocenters. The third-order valence-electron chi connectivity index (χ3n) is 10.1. The number of thiazole rings is 2. The number of carbonyl (C=O) groups is 7. The Balaban J connectivity index is 0.000000207. The maximum atomic E-state index is 12.9. The van der Waals surface area contributed by atoms with Gasteiger partial charge in [-0.1, -0.05) is 10.3 Å². The number of likely N-dealkylation sites (tertiary alicyclic amines) is 1.